The van der Waals surface area contributed by atoms with Crippen molar-refractivity contribution in [2.45, 2.75) is 0 Å². The summed E-state index contributed by atoms with van der Waals surface area (Å²) in [6.07, 6.45) is 2.07. The molecule has 0 fully saturated rings. The van der Waals surface area contributed by atoms with Crippen LogP contribution in [0.2, 0.25) is 0 Å². The normalized spacial score (nSPS) is 11.4. The predicted molar refractivity (Wildman–Crippen MR) is 133 cm³/mol. The van der Waals surface area contributed by atoms with Crippen LogP contribution >= 0.6 is 0 Å². The molecule has 0 spiro atoms. The molecular formula is C25H21F2N3O6S. The van der Waals surface area contributed by atoms with Crippen LogP contribution in [0.15, 0.2) is 59.2 Å². The molecule has 192 valence electrons. The summed E-state index contributed by atoms with van der Waals surface area (Å²) in [5.41, 5.74) is -0.417. The van der Waals surface area contributed by atoms with Crippen molar-refractivity contribution < 1.29 is 36.3 Å². The Balaban J connectivity index is 2.06. The van der Waals surface area contributed by atoms with Crippen LogP contribution in [-0.4, -0.2) is 45.7 Å². The molecular weight excluding hydrogens is 508 g/mol. The summed E-state index contributed by atoms with van der Waals surface area (Å²) < 4.78 is 59.0. The monoisotopic (exact) mass is 529 g/mol. The topological polar surface area (TPSA) is 129 Å². The molecule has 1 aliphatic heterocycles. The van der Waals surface area contributed by atoms with E-state index in [0.717, 1.165) is 35.0 Å². The summed E-state index contributed by atoms with van der Waals surface area (Å²) in [5.74, 6) is -3.67. The number of rotatable bonds is 6. The number of phenolic OH excluding ortho intramolecular Hbond substituents is 1. The van der Waals surface area contributed by atoms with Crippen LogP contribution in [0.1, 0.15) is 20.7 Å². The lowest BCUT2D eigenvalue weighted by Gasteiger charge is -2.17. The third-order valence-electron chi connectivity index (χ3n) is 5.74. The van der Waals surface area contributed by atoms with Gasteiger partial charge in [0.15, 0.2) is 5.82 Å². The number of fused-ring (bicyclic) bond motifs is 1. The van der Waals surface area contributed by atoms with E-state index < -0.39 is 44.9 Å². The number of hydrogen-bond donors (Lipinski definition) is 3. The molecule has 4 rings (SSSR count). The van der Waals surface area contributed by atoms with Gasteiger partial charge >= 0.3 is 0 Å². The molecule has 0 radical (unpaired) electrons. The van der Waals surface area contributed by atoms with Crippen LogP contribution in [0.3, 0.4) is 0 Å². The summed E-state index contributed by atoms with van der Waals surface area (Å²) in [5, 5.41) is 14.9. The summed E-state index contributed by atoms with van der Waals surface area (Å²) in [6.45, 7) is 0. The first-order valence-corrected chi connectivity index (χ1v) is 12.6. The van der Waals surface area contributed by atoms with Crippen LogP contribution in [0.25, 0.3) is 22.5 Å². The van der Waals surface area contributed by atoms with Crippen molar-refractivity contribution in [1.82, 2.24) is 5.32 Å². The van der Waals surface area contributed by atoms with E-state index in [-0.39, 0.29) is 39.3 Å². The number of anilines is 2. The van der Waals surface area contributed by atoms with Crippen LogP contribution in [0.5, 0.6) is 5.75 Å². The fraction of sp³-hybridized carbons (Fsp3) is 0.120. The Labute approximate surface area is 210 Å². The van der Waals surface area contributed by atoms with Crippen LogP contribution in [-0.2, 0) is 10.0 Å². The number of benzene rings is 2. The van der Waals surface area contributed by atoms with Crippen molar-refractivity contribution in [3.05, 3.63) is 77.6 Å². The van der Waals surface area contributed by atoms with E-state index >= 15 is 0 Å². The zero-order valence-electron chi connectivity index (χ0n) is 19.8. The first kappa shape index (κ1) is 25.6. The fourth-order valence-corrected chi connectivity index (χ4v) is 4.31. The van der Waals surface area contributed by atoms with Gasteiger partial charge in [-0.15, -0.1) is 0 Å². The highest BCUT2D eigenvalue weighted by atomic mass is 32.2. The predicted octanol–water partition coefficient (Wildman–Crippen LogP) is 4.04. The molecule has 1 heterocycles. The Morgan fingerprint density at radius 2 is 1.70 bits per heavy atom. The quantitative estimate of drug-likeness (QED) is 0.324. The van der Waals surface area contributed by atoms with Crippen LogP contribution in [0, 0.1) is 11.6 Å². The van der Waals surface area contributed by atoms with Crippen molar-refractivity contribution >= 4 is 33.2 Å². The van der Waals surface area contributed by atoms with Gasteiger partial charge in [-0.05, 0) is 35.9 Å². The number of para-hydroxylation sites is 1. The number of halogens is 2. The molecule has 3 N–H and O–H groups in total. The lowest BCUT2D eigenvalue weighted by atomic mass is 9.99. The van der Waals surface area contributed by atoms with E-state index in [4.69, 9.17) is 4.42 Å². The number of carbonyl (C=O) groups is 2. The van der Waals surface area contributed by atoms with E-state index in [9.17, 15) is 31.9 Å². The molecule has 2 aromatic rings. The van der Waals surface area contributed by atoms with Crippen molar-refractivity contribution in [2.24, 2.45) is 0 Å². The van der Waals surface area contributed by atoms with Gasteiger partial charge in [0, 0.05) is 25.2 Å². The second-order valence-corrected chi connectivity index (χ2v) is 10.1. The summed E-state index contributed by atoms with van der Waals surface area (Å²) in [6, 6.07) is 9.73. The highest BCUT2D eigenvalue weighted by Crippen LogP contribution is 2.45. The lowest BCUT2D eigenvalue weighted by Crippen LogP contribution is -2.24. The summed E-state index contributed by atoms with van der Waals surface area (Å²) in [7, 11) is -1.10. The average molecular weight is 530 g/mol. The second-order valence-electron chi connectivity index (χ2n) is 8.08. The van der Waals surface area contributed by atoms with Gasteiger partial charge in [0.1, 0.15) is 29.3 Å². The molecule has 0 saturated carbocycles. The number of hydrogen-bond acceptors (Lipinski definition) is 6. The zero-order valence-corrected chi connectivity index (χ0v) is 20.6. The maximum atomic E-state index is 14.4. The van der Waals surface area contributed by atoms with E-state index in [1.54, 1.807) is 0 Å². The largest absolute Gasteiger partial charge is 0.506 e. The van der Waals surface area contributed by atoms with Crippen LogP contribution in [0.4, 0.5) is 20.2 Å². The second kappa shape index (κ2) is 9.54. The van der Waals surface area contributed by atoms with Gasteiger partial charge in [-0.1, -0.05) is 18.2 Å². The number of nitrogens with one attached hydrogen (secondary N) is 2. The maximum Gasteiger partial charge on any atom is 0.257 e. The molecule has 0 unspecified atom stereocenters. The van der Waals surface area contributed by atoms with Crippen molar-refractivity contribution in [2.75, 3.05) is 30.0 Å². The van der Waals surface area contributed by atoms with Gasteiger partial charge in [0.05, 0.1) is 23.1 Å². The van der Waals surface area contributed by atoms with Gasteiger partial charge in [-0.3, -0.25) is 13.9 Å². The van der Waals surface area contributed by atoms with Gasteiger partial charge < -0.3 is 20.2 Å². The van der Waals surface area contributed by atoms with Gasteiger partial charge in [0.2, 0.25) is 10.0 Å². The van der Waals surface area contributed by atoms with Gasteiger partial charge in [-0.2, -0.15) is 0 Å². The lowest BCUT2D eigenvalue weighted by molar-refractivity contribution is 0.0963. The molecule has 1 aliphatic carbocycles. The molecule has 37 heavy (non-hydrogen) atoms. The minimum absolute atomic E-state index is 0.0271. The molecule has 2 aliphatic rings. The fourth-order valence-electron chi connectivity index (χ4n) is 3.83. The Hall–Kier alpha value is -4.45. The third kappa shape index (κ3) is 4.70. The van der Waals surface area contributed by atoms with Crippen molar-refractivity contribution in [3.8, 4) is 28.2 Å². The molecule has 2 amide bonds. The summed E-state index contributed by atoms with van der Waals surface area (Å²) >= 11 is 0. The highest BCUT2D eigenvalue weighted by Gasteiger charge is 2.35. The van der Waals surface area contributed by atoms with E-state index in [1.165, 1.54) is 44.4 Å². The van der Waals surface area contributed by atoms with E-state index in [2.05, 4.69) is 10.6 Å². The molecule has 9 nitrogen and oxygen atoms in total. The number of aromatic hydroxyl groups is 1. The number of phenols is 1. The Morgan fingerprint density at radius 3 is 2.30 bits per heavy atom. The molecule has 0 aromatic heterocycles. The van der Waals surface area contributed by atoms with E-state index in [0.29, 0.717) is 0 Å². The third-order valence-corrected chi connectivity index (χ3v) is 6.94. The minimum Gasteiger partial charge on any atom is -0.506 e. The Bertz CT molecular complexity index is 1580. The average Bonchev–Trinajstić information content (AvgIpc) is 3.19. The molecule has 0 bridgehead atoms. The first-order valence-electron chi connectivity index (χ1n) is 10.7. The number of sulfonamides is 1. The van der Waals surface area contributed by atoms with E-state index in [1.807, 2.05) is 0 Å². The minimum atomic E-state index is -3.73. The highest BCUT2D eigenvalue weighted by molar-refractivity contribution is 7.92. The van der Waals surface area contributed by atoms with Gasteiger partial charge in [-0.25, -0.2) is 17.2 Å². The molecule has 0 atom stereocenters. The zero-order chi connectivity index (χ0) is 27.1. The number of carbonyl (C=O) groups excluding carboxylic acids is 2. The Morgan fingerprint density at radius 1 is 1.03 bits per heavy atom. The maximum absolute atomic E-state index is 14.4. The van der Waals surface area contributed by atoms with Crippen LogP contribution < -0.4 is 14.9 Å². The SMILES string of the molecule is CNC(=O)c1c2occ(N(C)S(C)(=O)=O)cc-2c(C(=O)Nc2c(O)cccc2F)c1-c1ccc(F)cc1. The number of amides is 2. The standard InChI is InChI=1S/C25H21F2N3O6S/c1-28-24(32)21-19(13-7-9-14(26)10-8-13)20(25(33)29-22-17(27)5-4-6-18(22)31)16-11-15(12-36-23(16)21)30(2)37(3,34)35/h4-12,31H,1-3H3,(H,28,32)(H,29,33). The van der Waals surface area contributed by atoms with Crippen molar-refractivity contribution in [3.63, 3.8) is 0 Å². The smallest absolute Gasteiger partial charge is 0.257 e. The first-order chi connectivity index (χ1) is 17.4. The molecule has 2 aromatic carbocycles. The Kier molecular flexibility index (Phi) is 6.61. The van der Waals surface area contributed by atoms with Gasteiger partial charge in [0.25, 0.3) is 11.8 Å². The number of nitrogens with zero attached hydrogens (tertiary/aromatic N) is 1. The molecule has 0 saturated heterocycles. The van der Waals surface area contributed by atoms with Crippen molar-refractivity contribution in [1.29, 1.82) is 0 Å². The summed E-state index contributed by atoms with van der Waals surface area (Å²) in [4.78, 5) is 26.6. The molecule has 12 heteroatoms.